The van der Waals surface area contributed by atoms with E-state index in [-0.39, 0.29) is 17.9 Å². The Morgan fingerprint density at radius 1 is 1.30 bits per heavy atom. The number of nitrogens with one attached hydrogen (secondary N) is 2. The molecule has 1 aromatic carbocycles. The molecule has 0 aliphatic rings. The molecule has 0 spiro atoms. The van der Waals surface area contributed by atoms with Crippen LogP contribution in [0.2, 0.25) is 0 Å². The maximum Gasteiger partial charge on any atom is 0.416 e. The molecule has 3 rings (SSSR count). The number of hydrogen-bond acceptors (Lipinski definition) is 5. The molecule has 1 amide bonds. The van der Waals surface area contributed by atoms with Gasteiger partial charge in [0.15, 0.2) is 16.3 Å². The summed E-state index contributed by atoms with van der Waals surface area (Å²) in [5.41, 5.74) is -1.61. The van der Waals surface area contributed by atoms with Gasteiger partial charge in [0, 0.05) is 18.3 Å². The quantitative estimate of drug-likeness (QED) is 0.597. The average molecular weight is 438 g/mol. The van der Waals surface area contributed by atoms with Gasteiger partial charge in [-0.1, -0.05) is 6.07 Å². The van der Waals surface area contributed by atoms with Crippen LogP contribution in [0.3, 0.4) is 0 Å². The monoisotopic (exact) mass is 438 g/mol. The average Bonchev–Trinajstić information content (AvgIpc) is 3.05. The van der Waals surface area contributed by atoms with Crippen molar-refractivity contribution in [3.05, 3.63) is 68.1 Å². The van der Waals surface area contributed by atoms with Crippen molar-refractivity contribution in [3.63, 3.8) is 0 Å². The molecule has 30 heavy (non-hydrogen) atoms. The van der Waals surface area contributed by atoms with Crippen molar-refractivity contribution in [3.8, 4) is 5.69 Å². The van der Waals surface area contributed by atoms with Crippen molar-refractivity contribution in [1.82, 2.24) is 29.9 Å². The maximum atomic E-state index is 13.0. The summed E-state index contributed by atoms with van der Waals surface area (Å²) in [5.74, 6) is -0.321. The Morgan fingerprint density at radius 3 is 2.70 bits per heavy atom. The standard InChI is InChI=1S/C18H17F3N6O2S/c1-3-26-14(23-24-17(26)30)9-22-16(29)15-13(28)7-10(2)27(25-15)12-6-4-5-11(8-12)18(19,20)21/h4-8H,3,9H2,1-2H3,(H,22,29)(H,24,30). The van der Waals surface area contributed by atoms with Gasteiger partial charge in [0.25, 0.3) is 5.91 Å². The summed E-state index contributed by atoms with van der Waals surface area (Å²) < 4.78 is 42.2. The minimum absolute atomic E-state index is 0.0155. The zero-order valence-electron chi connectivity index (χ0n) is 15.9. The largest absolute Gasteiger partial charge is 0.416 e. The van der Waals surface area contributed by atoms with Gasteiger partial charge in [-0.05, 0) is 44.3 Å². The summed E-state index contributed by atoms with van der Waals surface area (Å²) in [7, 11) is 0. The molecule has 2 aromatic heterocycles. The van der Waals surface area contributed by atoms with Crippen molar-refractivity contribution in [2.45, 2.75) is 33.1 Å². The van der Waals surface area contributed by atoms with Gasteiger partial charge >= 0.3 is 6.18 Å². The normalized spacial score (nSPS) is 11.5. The van der Waals surface area contributed by atoms with Gasteiger partial charge in [-0.3, -0.25) is 14.7 Å². The number of aromatic nitrogens is 5. The molecule has 0 saturated carbocycles. The summed E-state index contributed by atoms with van der Waals surface area (Å²) in [6.07, 6.45) is -4.54. The minimum Gasteiger partial charge on any atom is -0.343 e. The summed E-state index contributed by atoms with van der Waals surface area (Å²) in [5, 5.41) is 13.1. The molecule has 0 aliphatic carbocycles. The van der Waals surface area contributed by atoms with E-state index in [2.05, 4.69) is 20.6 Å². The Bertz CT molecular complexity index is 1210. The van der Waals surface area contributed by atoms with E-state index in [9.17, 15) is 22.8 Å². The van der Waals surface area contributed by atoms with Crippen LogP contribution in [0.4, 0.5) is 13.2 Å². The molecule has 0 saturated heterocycles. The van der Waals surface area contributed by atoms with Crippen LogP contribution in [0.15, 0.2) is 35.1 Å². The summed E-state index contributed by atoms with van der Waals surface area (Å²) in [6.45, 7) is 3.88. The van der Waals surface area contributed by atoms with E-state index in [1.807, 2.05) is 6.92 Å². The number of aryl methyl sites for hydroxylation is 1. The molecule has 158 valence electrons. The van der Waals surface area contributed by atoms with Crippen LogP contribution in [0.5, 0.6) is 0 Å². The lowest BCUT2D eigenvalue weighted by molar-refractivity contribution is -0.137. The fourth-order valence-corrected chi connectivity index (χ4v) is 3.11. The highest BCUT2D eigenvalue weighted by Gasteiger charge is 2.30. The van der Waals surface area contributed by atoms with E-state index >= 15 is 0 Å². The first kappa shape index (κ1) is 21.4. The maximum absolute atomic E-state index is 13.0. The Kier molecular flexibility index (Phi) is 5.87. The van der Waals surface area contributed by atoms with Crippen molar-refractivity contribution >= 4 is 18.1 Å². The number of halogens is 3. The first-order chi connectivity index (χ1) is 14.1. The SMILES string of the molecule is CCn1c(CNC(=O)c2nn(-c3cccc(C(F)(F)F)c3)c(C)cc2=O)n[nH]c1=S. The third-order valence-electron chi connectivity index (χ3n) is 4.30. The summed E-state index contributed by atoms with van der Waals surface area (Å²) in [4.78, 5) is 24.8. The second-order valence-corrected chi connectivity index (χ2v) is 6.72. The van der Waals surface area contributed by atoms with Gasteiger partial charge in [0.2, 0.25) is 5.43 Å². The number of amides is 1. The fourth-order valence-electron chi connectivity index (χ4n) is 2.83. The number of carbonyl (C=O) groups excluding carboxylic acids is 1. The van der Waals surface area contributed by atoms with Crippen molar-refractivity contribution in [2.24, 2.45) is 0 Å². The van der Waals surface area contributed by atoms with E-state index in [1.165, 1.54) is 19.1 Å². The Labute approximate surface area is 173 Å². The van der Waals surface area contributed by atoms with Crippen LogP contribution in [-0.2, 0) is 19.3 Å². The summed E-state index contributed by atoms with van der Waals surface area (Å²) >= 11 is 5.07. The number of benzene rings is 1. The second kappa shape index (κ2) is 8.22. The molecule has 2 N–H and O–H groups in total. The van der Waals surface area contributed by atoms with E-state index < -0.39 is 28.8 Å². The molecule has 0 bridgehead atoms. The van der Waals surface area contributed by atoms with Crippen molar-refractivity contribution in [1.29, 1.82) is 0 Å². The van der Waals surface area contributed by atoms with Gasteiger partial charge in [-0.25, -0.2) is 4.68 Å². The minimum atomic E-state index is -4.54. The van der Waals surface area contributed by atoms with E-state index in [4.69, 9.17) is 12.2 Å². The molecule has 0 atom stereocenters. The van der Waals surface area contributed by atoms with Crippen LogP contribution in [-0.4, -0.2) is 30.5 Å². The molecular weight excluding hydrogens is 421 g/mol. The molecule has 8 nitrogen and oxygen atoms in total. The van der Waals surface area contributed by atoms with Crippen LogP contribution in [0.1, 0.15) is 34.5 Å². The van der Waals surface area contributed by atoms with E-state index in [1.54, 1.807) is 4.57 Å². The fraction of sp³-hybridized carbons (Fsp3) is 0.278. The van der Waals surface area contributed by atoms with Gasteiger partial charge in [0.1, 0.15) is 0 Å². The van der Waals surface area contributed by atoms with Gasteiger partial charge in [-0.15, -0.1) is 0 Å². The number of hydrogen-bond donors (Lipinski definition) is 2. The lowest BCUT2D eigenvalue weighted by atomic mass is 10.2. The van der Waals surface area contributed by atoms with Crippen LogP contribution >= 0.6 is 12.2 Å². The number of H-pyrrole nitrogens is 1. The van der Waals surface area contributed by atoms with E-state index in [0.29, 0.717) is 17.1 Å². The number of aromatic amines is 1. The number of rotatable bonds is 5. The Morgan fingerprint density at radius 2 is 2.03 bits per heavy atom. The number of alkyl halides is 3. The highest BCUT2D eigenvalue weighted by molar-refractivity contribution is 7.71. The van der Waals surface area contributed by atoms with Gasteiger partial charge < -0.3 is 9.88 Å². The number of nitrogens with zero attached hydrogens (tertiary/aromatic N) is 4. The Balaban J connectivity index is 1.92. The highest BCUT2D eigenvalue weighted by Crippen LogP contribution is 2.30. The van der Waals surface area contributed by atoms with Crippen molar-refractivity contribution < 1.29 is 18.0 Å². The molecule has 0 aliphatic heterocycles. The molecule has 0 unspecified atom stereocenters. The van der Waals surface area contributed by atoms with E-state index in [0.717, 1.165) is 22.9 Å². The summed E-state index contributed by atoms with van der Waals surface area (Å²) in [6, 6.07) is 5.59. The lowest BCUT2D eigenvalue weighted by Crippen LogP contribution is -2.32. The van der Waals surface area contributed by atoms with Crippen LogP contribution in [0.25, 0.3) is 5.69 Å². The lowest BCUT2D eigenvalue weighted by Gasteiger charge is -2.13. The third kappa shape index (κ3) is 4.32. The smallest absolute Gasteiger partial charge is 0.343 e. The molecular formula is C18H17F3N6O2S. The molecule has 0 radical (unpaired) electrons. The molecule has 12 heteroatoms. The zero-order chi connectivity index (χ0) is 22.1. The highest BCUT2D eigenvalue weighted by atomic mass is 32.1. The first-order valence-corrected chi connectivity index (χ1v) is 9.23. The predicted molar refractivity (Wildman–Crippen MR) is 104 cm³/mol. The molecule has 0 fully saturated rings. The topological polar surface area (TPSA) is 97.6 Å². The zero-order valence-corrected chi connectivity index (χ0v) is 16.8. The number of carbonyl (C=O) groups is 1. The second-order valence-electron chi connectivity index (χ2n) is 6.33. The van der Waals surface area contributed by atoms with Gasteiger partial charge in [-0.2, -0.15) is 23.4 Å². The van der Waals surface area contributed by atoms with Crippen molar-refractivity contribution in [2.75, 3.05) is 0 Å². The Hall–Kier alpha value is -3.28. The predicted octanol–water partition coefficient (Wildman–Crippen LogP) is 2.76. The van der Waals surface area contributed by atoms with Crippen LogP contribution < -0.4 is 10.7 Å². The molecule has 2 heterocycles. The van der Waals surface area contributed by atoms with Crippen LogP contribution in [0, 0.1) is 11.7 Å². The van der Waals surface area contributed by atoms with Gasteiger partial charge in [0.05, 0.1) is 17.8 Å². The first-order valence-electron chi connectivity index (χ1n) is 8.82. The molecule has 3 aromatic rings. The third-order valence-corrected chi connectivity index (χ3v) is 4.61.